The maximum absolute atomic E-state index is 11.3. The van der Waals surface area contributed by atoms with Crippen LogP contribution in [0.15, 0.2) is 18.2 Å². The average molecular weight is 220 g/mol. The fourth-order valence-corrected chi connectivity index (χ4v) is 2.11. The van der Waals surface area contributed by atoms with Gasteiger partial charge in [-0.25, -0.2) is 0 Å². The molecule has 1 unspecified atom stereocenters. The second-order valence-corrected chi connectivity index (χ2v) is 4.40. The zero-order valence-electron chi connectivity index (χ0n) is 9.56. The summed E-state index contributed by atoms with van der Waals surface area (Å²) in [5, 5.41) is 9.29. The van der Waals surface area contributed by atoms with Crippen LogP contribution in [0.3, 0.4) is 0 Å². The van der Waals surface area contributed by atoms with Gasteiger partial charge in [-0.15, -0.1) is 0 Å². The van der Waals surface area contributed by atoms with Gasteiger partial charge in [0, 0.05) is 5.56 Å². The van der Waals surface area contributed by atoms with Crippen LogP contribution in [0.25, 0.3) is 0 Å². The van der Waals surface area contributed by atoms with Crippen molar-refractivity contribution in [2.75, 3.05) is 7.11 Å². The second-order valence-electron chi connectivity index (χ2n) is 4.40. The van der Waals surface area contributed by atoms with Gasteiger partial charge in [-0.1, -0.05) is 17.7 Å². The van der Waals surface area contributed by atoms with E-state index in [4.69, 9.17) is 4.74 Å². The van der Waals surface area contributed by atoms with Gasteiger partial charge in [0.2, 0.25) is 0 Å². The number of hydrogen-bond donors (Lipinski definition) is 1. The van der Waals surface area contributed by atoms with Crippen LogP contribution in [-0.4, -0.2) is 18.2 Å². The Morgan fingerprint density at radius 2 is 2.19 bits per heavy atom. The lowest BCUT2D eigenvalue weighted by atomic mass is 9.92. The molecule has 1 aliphatic carbocycles. The molecule has 0 radical (unpaired) electrons. The van der Waals surface area contributed by atoms with E-state index < -0.39 is 11.9 Å². The van der Waals surface area contributed by atoms with E-state index in [1.807, 2.05) is 25.1 Å². The van der Waals surface area contributed by atoms with Gasteiger partial charge >= 0.3 is 5.97 Å². The van der Waals surface area contributed by atoms with E-state index in [2.05, 4.69) is 0 Å². The smallest absolute Gasteiger partial charge is 0.311 e. The molecule has 1 aromatic rings. The standard InChI is InChI=1S/C13H16O3/c1-8-3-6-11(16-2)10(7-8)12(13(14)15)9-4-5-9/h3,6-7,9,12H,4-5H2,1-2H3,(H,14,15). The summed E-state index contributed by atoms with van der Waals surface area (Å²) in [6.45, 7) is 1.97. The van der Waals surface area contributed by atoms with Crippen LogP contribution in [-0.2, 0) is 4.79 Å². The number of aliphatic carboxylic acids is 1. The van der Waals surface area contributed by atoms with Gasteiger partial charge in [0.15, 0.2) is 0 Å². The zero-order valence-corrected chi connectivity index (χ0v) is 9.56. The molecule has 2 rings (SSSR count). The summed E-state index contributed by atoms with van der Waals surface area (Å²) < 4.78 is 5.25. The molecule has 1 atom stereocenters. The second kappa shape index (κ2) is 4.16. The van der Waals surface area contributed by atoms with Gasteiger partial charge in [0.1, 0.15) is 5.75 Å². The Bertz CT molecular complexity index is 408. The molecule has 1 N–H and O–H groups in total. The van der Waals surface area contributed by atoms with E-state index in [0.717, 1.165) is 24.0 Å². The van der Waals surface area contributed by atoms with E-state index in [-0.39, 0.29) is 5.92 Å². The third-order valence-corrected chi connectivity index (χ3v) is 3.08. The molecule has 0 bridgehead atoms. The van der Waals surface area contributed by atoms with Crippen LogP contribution in [0.4, 0.5) is 0 Å². The van der Waals surface area contributed by atoms with Crippen LogP contribution in [0.1, 0.15) is 29.9 Å². The molecule has 0 spiro atoms. The highest BCUT2D eigenvalue weighted by molar-refractivity contribution is 5.78. The summed E-state index contributed by atoms with van der Waals surface area (Å²) in [7, 11) is 1.58. The van der Waals surface area contributed by atoms with Crippen molar-refractivity contribution >= 4 is 5.97 Å². The molecule has 0 aliphatic heterocycles. The molecule has 3 nitrogen and oxygen atoms in total. The lowest BCUT2D eigenvalue weighted by Crippen LogP contribution is -2.14. The van der Waals surface area contributed by atoms with E-state index in [0.29, 0.717) is 5.75 Å². The van der Waals surface area contributed by atoms with Crippen LogP contribution in [0, 0.1) is 12.8 Å². The number of benzene rings is 1. The topological polar surface area (TPSA) is 46.5 Å². The van der Waals surface area contributed by atoms with Gasteiger partial charge in [0.05, 0.1) is 13.0 Å². The van der Waals surface area contributed by atoms with Crippen molar-refractivity contribution in [3.05, 3.63) is 29.3 Å². The molecule has 3 heteroatoms. The summed E-state index contributed by atoms with van der Waals surface area (Å²) in [6, 6.07) is 5.72. The normalized spacial score (nSPS) is 16.9. The van der Waals surface area contributed by atoms with Gasteiger partial charge < -0.3 is 9.84 Å². The monoisotopic (exact) mass is 220 g/mol. The number of rotatable bonds is 4. The van der Waals surface area contributed by atoms with E-state index in [9.17, 15) is 9.90 Å². The van der Waals surface area contributed by atoms with Crippen molar-refractivity contribution in [3.8, 4) is 5.75 Å². The Kier molecular flexibility index (Phi) is 2.86. The molecule has 0 amide bonds. The first-order valence-electron chi connectivity index (χ1n) is 5.51. The Morgan fingerprint density at radius 1 is 1.50 bits per heavy atom. The minimum absolute atomic E-state index is 0.285. The summed E-state index contributed by atoms with van der Waals surface area (Å²) >= 11 is 0. The van der Waals surface area contributed by atoms with Crippen LogP contribution >= 0.6 is 0 Å². The molecular formula is C13H16O3. The summed E-state index contributed by atoms with van der Waals surface area (Å²) in [5.41, 5.74) is 1.89. The van der Waals surface area contributed by atoms with Crippen LogP contribution in [0.5, 0.6) is 5.75 Å². The summed E-state index contributed by atoms with van der Waals surface area (Å²) in [6.07, 6.45) is 2.02. The first kappa shape index (κ1) is 11.0. The fourth-order valence-electron chi connectivity index (χ4n) is 2.11. The Labute approximate surface area is 95.0 Å². The van der Waals surface area contributed by atoms with Crippen molar-refractivity contribution in [2.45, 2.75) is 25.7 Å². The van der Waals surface area contributed by atoms with Crippen molar-refractivity contribution in [1.29, 1.82) is 0 Å². The molecular weight excluding hydrogens is 204 g/mol. The lowest BCUT2D eigenvalue weighted by Gasteiger charge is -2.16. The first-order valence-corrected chi connectivity index (χ1v) is 5.51. The highest BCUT2D eigenvalue weighted by Gasteiger charge is 2.38. The van der Waals surface area contributed by atoms with Gasteiger partial charge in [-0.05, 0) is 31.7 Å². The molecule has 0 saturated heterocycles. The minimum atomic E-state index is -0.744. The zero-order chi connectivity index (χ0) is 11.7. The number of hydrogen-bond acceptors (Lipinski definition) is 2. The van der Waals surface area contributed by atoms with Gasteiger partial charge in [-0.3, -0.25) is 4.79 Å². The van der Waals surface area contributed by atoms with E-state index in [1.54, 1.807) is 7.11 Å². The maximum atomic E-state index is 11.3. The Hall–Kier alpha value is -1.51. The summed E-state index contributed by atoms with van der Waals surface area (Å²) in [5.74, 6) is -0.181. The predicted molar refractivity (Wildman–Crippen MR) is 60.8 cm³/mol. The quantitative estimate of drug-likeness (QED) is 0.848. The van der Waals surface area contributed by atoms with Crippen LogP contribution < -0.4 is 4.74 Å². The van der Waals surface area contributed by atoms with Crippen molar-refractivity contribution in [2.24, 2.45) is 5.92 Å². The molecule has 16 heavy (non-hydrogen) atoms. The average Bonchev–Trinajstić information content (AvgIpc) is 3.02. The van der Waals surface area contributed by atoms with Crippen LogP contribution in [0.2, 0.25) is 0 Å². The Morgan fingerprint density at radius 3 is 2.69 bits per heavy atom. The largest absolute Gasteiger partial charge is 0.496 e. The number of carboxylic acids is 1. The highest BCUT2D eigenvalue weighted by atomic mass is 16.5. The van der Waals surface area contributed by atoms with Gasteiger partial charge in [0.25, 0.3) is 0 Å². The lowest BCUT2D eigenvalue weighted by molar-refractivity contribution is -0.139. The number of carbonyl (C=O) groups is 1. The third-order valence-electron chi connectivity index (χ3n) is 3.08. The fraction of sp³-hybridized carbons (Fsp3) is 0.462. The predicted octanol–water partition coefficient (Wildman–Crippen LogP) is 2.58. The molecule has 86 valence electrons. The van der Waals surface area contributed by atoms with Crippen molar-refractivity contribution in [3.63, 3.8) is 0 Å². The highest BCUT2D eigenvalue weighted by Crippen LogP contribution is 2.45. The third kappa shape index (κ3) is 2.03. The number of methoxy groups -OCH3 is 1. The van der Waals surface area contributed by atoms with E-state index in [1.165, 1.54) is 0 Å². The van der Waals surface area contributed by atoms with Crippen molar-refractivity contribution in [1.82, 2.24) is 0 Å². The number of aryl methyl sites for hydroxylation is 1. The molecule has 1 aliphatic rings. The Balaban J connectivity index is 2.42. The number of carboxylic acid groups (broad SMARTS) is 1. The molecule has 1 aromatic carbocycles. The summed E-state index contributed by atoms with van der Waals surface area (Å²) in [4.78, 5) is 11.3. The van der Waals surface area contributed by atoms with Gasteiger partial charge in [-0.2, -0.15) is 0 Å². The maximum Gasteiger partial charge on any atom is 0.311 e. The molecule has 1 saturated carbocycles. The number of ether oxygens (including phenoxy) is 1. The molecule has 0 heterocycles. The molecule has 1 fully saturated rings. The first-order chi connectivity index (χ1) is 7.63. The molecule has 0 aromatic heterocycles. The van der Waals surface area contributed by atoms with Crippen molar-refractivity contribution < 1.29 is 14.6 Å². The van der Waals surface area contributed by atoms with E-state index >= 15 is 0 Å². The minimum Gasteiger partial charge on any atom is -0.496 e. The SMILES string of the molecule is COc1ccc(C)cc1C(C(=O)O)C1CC1.